The Morgan fingerprint density at radius 2 is 1.76 bits per heavy atom. The first-order valence-electron chi connectivity index (χ1n) is 9.74. The van der Waals surface area contributed by atoms with Gasteiger partial charge in [0.1, 0.15) is 0 Å². The Balaban J connectivity index is 1.91. The largest absolute Gasteiger partial charge is 0.493 e. The van der Waals surface area contributed by atoms with Gasteiger partial charge in [-0.05, 0) is 37.5 Å². The van der Waals surface area contributed by atoms with Crippen molar-refractivity contribution >= 4 is 12.1 Å². The van der Waals surface area contributed by atoms with Crippen LogP contribution in [-0.4, -0.2) is 71.1 Å². The van der Waals surface area contributed by atoms with Crippen LogP contribution in [0.25, 0.3) is 0 Å². The maximum absolute atomic E-state index is 11.8. The molecule has 162 valence electrons. The average molecular weight is 408 g/mol. The zero-order chi connectivity index (χ0) is 21.2. The van der Waals surface area contributed by atoms with Crippen molar-refractivity contribution < 1.29 is 23.7 Å². The van der Waals surface area contributed by atoms with Crippen LogP contribution in [0, 0.1) is 0 Å². The minimum atomic E-state index is -0.240. The number of methoxy groups -OCH3 is 3. The van der Waals surface area contributed by atoms with Crippen LogP contribution in [-0.2, 0) is 11.3 Å². The molecule has 0 bridgehead atoms. The molecule has 0 aromatic heterocycles. The summed E-state index contributed by atoms with van der Waals surface area (Å²) >= 11 is 0. The fraction of sp³-hybridized carbons (Fsp3) is 0.600. The Morgan fingerprint density at radius 3 is 2.24 bits per heavy atom. The molecule has 2 N–H and O–H groups in total. The molecule has 9 nitrogen and oxygen atoms in total. The van der Waals surface area contributed by atoms with Crippen molar-refractivity contribution in [2.75, 3.05) is 48.1 Å². The molecule has 1 amide bonds. The number of amides is 1. The van der Waals surface area contributed by atoms with Crippen LogP contribution in [0.2, 0.25) is 0 Å². The highest BCUT2D eigenvalue weighted by Gasteiger charge is 2.24. The summed E-state index contributed by atoms with van der Waals surface area (Å²) in [6.45, 7) is 4.09. The first-order chi connectivity index (χ1) is 14.1. The lowest BCUT2D eigenvalue weighted by atomic mass is 10.1. The molecule has 1 aromatic carbocycles. The Bertz CT molecular complexity index is 677. The van der Waals surface area contributed by atoms with Gasteiger partial charge in [0, 0.05) is 32.7 Å². The number of ether oxygens (including phenoxy) is 4. The molecule has 1 fully saturated rings. The third kappa shape index (κ3) is 6.07. The van der Waals surface area contributed by atoms with Gasteiger partial charge in [-0.15, -0.1) is 0 Å². The number of nitrogens with zero attached hydrogens (tertiary/aromatic N) is 2. The van der Waals surface area contributed by atoms with E-state index in [4.69, 9.17) is 18.9 Å². The van der Waals surface area contributed by atoms with Crippen molar-refractivity contribution in [2.24, 2.45) is 4.99 Å². The summed E-state index contributed by atoms with van der Waals surface area (Å²) in [4.78, 5) is 17.9. The highest BCUT2D eigenvalue weighted by molar-refractivity contribution is 5.80. The molecule has 2 rings (SSSR count). The standard InChI is InChI=1S/C20H32N4O5/c1-6-29-20(25)24-9-7-15(8-10-24)23-19(21-2)22-13-14-11-16(26-3)18(28-5)17(12-14)27-4/h11-12,15H,6-10,13H2,1-5H3,(H2,21,22,23). The van der Waals surface area contributed by atoms with Gasteiger partial charge in [-0.25, -0.2) is 4.79 Å². The maximum atomic E-state index is 11.8. The van der Waals surface area contributed by atoms with E-state index in [-0.39, 0.29) is 12.1 Å². The third-order valence-electron chi connectivity index (χ3n) is 4.77. The van der Waals surface area contributed by atoms with Gasteiger partial charge in [0.15, 0.2) is 17.5 Å². The monoisotopic (exact) mass is 408 g/mol. The minimum Gasteiger partial charge on any atom is -0.493 e. The molecule has 29 heavy (non-hydrogen) atoms. The quantitative estimate of drug-likeness (QED) is 0.526. The average Bonchev–Trinajstić information content (AvgIpc) is 2.76. The van der Waals surface area contributed by atoms with E-state index in [0.717, 1.165) is 18.4 Å². The first kappa shape index (κ1) is 22.4. The van der Waals surface area contributed by atoms with Crippen LogP contribution >= 0.6 is 0 Å². The maximum Gasteiger partial charge on any atom is 0.409 e. The van der Waals surface area contributed by atoms with E-state index in [1.54, 1.807) is 33.3 Å². The number of likely N-dealkylation sites (tertiary alicyclic amines) is 1. The lowest BCUT2D eigenvalue weighted by Crippen LogP contribution is -2.49. The van der Waals surface area contributed by atoms with Gasteiger partial charge >= 0.3 is 6.09 Å². The fourth-order valence-electron chi connectivity index (χ4n) is 3.23. The summed E-state index contributed by atoms with van der Waals surface area (Å²) in [5.74, 6) is 2.49. The normalized spacial score (nSPS) is 14.9. The summed E-state index contributed by atoms with van der Waals surface area (Å²) in [6.07, 6.45) is 1.43. The number of hydrogen-bond donors (Lipinski definition) is 2. The van der Waals surface area contributed by atoms with Gasteiger partial charge < -0.3 is 34.5 Å². The zero-order valence-corrected chi connectivity index (χ0v) is 17.9. The Kier molecular flexibility index (Phi) is 8.69. The van der Waals surface area contributed by atoms with E-state index in [9.17, 15) is 4.79 Å². The SMILES string of the molecule is CCOC(=O)N1CCC(NC(=NC)NCc2cc(OC)c(OC)c(OC)c2)CC1. The molecule has 0 radical (unpaired) electrons. The van der Waals surface area contributed by atoms with Crippen LogP contribution in [0.3, 0.4) is 0 Å². The molecule has 0 spiro atoms. The van der Waals surface area contributed by atoms with E-state index in [1.165, 1.54) is 0 Å². The van der Waals surface area contributed by atoms with Crippen molar-refractivity contribution in [1.82, 2.24) is 15.5 Å². The fourth-order valence-corrected chi connectivity index (χ4v) is 3.23. The lowest BCUT2D eigenvalue weighted by Gasteiger charge is -2.32. The highest BCUT2D eigenvalue weighted by Crippen LogP contribution is 2.38. The van der Waals surface area contributed by atoms with Gasteiger partial charge in [0.25, 0.3) is 0 Å². The van der Waals surface area contributed by atoms with Gasteiger partial charge in [-0.1, -0.05) is 0 Å². The van der Waals surface area contributed by atoms with Crippen molar-refractivity contribution in [3.63, 3.8) is 0 Å². The number of hydrogen-bond acceptors (Lipinski definition) is 6. The molecule has 1 heterocycles. The number of carbonyl (C=O) groups is 1. The van der Waals surface area contributed by atoms with E-state index in [2.05, 4.69) is 15.6 Å². The second-order valence-electron chi connectivity index (χ2n) is 6.56. The predicted molar refractivity (Wildman–Crippen MR) is 111 cm³/mol. The zero-order valence-electron chi connectivity index (χ0n) is 17.9. The number of nitrogens with one attached hydrogen (secondary N) is 2. The molecule has 0 aliphatic carbocycles. The predicted octanol–water partition coefficient (Wildman–Crippen LogP) is 2.00. The molecule has 0 saturated carbocycles. The molecule has 1 aliphatic rings. The Labute approximate surface area is 172 Å². The number of rotatable bonds is 7. The number of aliphatic imine (C=N–C) groups is 1. The van der Waals surface area contributed by atoms with Crippen LogP contribution in [0.1, 0.15) is 25.3 Å². The minimum absolute atomic E-state index is 0.240. The lowest BCUT2D eigenvalue weighted by molar-refractivity contribution is 0.0963. The summed E-state index contributed by atoms with van der Waals surface area (Å²) in [5, 5.41) is 6.73. The number of carbonyl (C=O) groups excluding carboxylic acids is 1. The van der Waals surface area contributed by atoms with Crippen molar-refractivity contribution in [3.05, 3.63) is 17.7 Å². The molecule has 9 heteroatoms. The van der Waals surface area contributed by atoms with E-state index in [1.807, 2.05) is 19.1 Å². The van der Waals surface area contributed by atoms with Crippen molar-refractivity contribution in [3.8, 4) is 17.2 Å². The molecular weight excluding hydrogens is 376 g/mol. The van der Waals surface area contributed by atoms with Gasteiger partial charge in [0.05, 0.1) is 27.9 Å². The number of piperidine rings is 1. The van der Waals surface area contributed by atoms with Gasteiger partial charge in [-0.3, -0.25) is 4.99 Å². The van der Waals surface area contributed by atoms with Crippen molar-refractivity contribution in [1.29, 1.82) is 0 Å². The van der Waals surface area contributed by atoms with E-state index in [0.29, 0.717) is 49.4 Å². The smallest absolute Gasteiger partial charge is 0.409 e. The van der Waals surface area contributed by atoms with Crippen LogP contribution in [0.4, 0.5) is 4.79 Å². The van der Waals surface area contributed by atoms with Gasteiger partial charge in [0.2, 0.25) is 5.75 Å². The second kappa shape index (κ2) is 11.2. The third-order valence-corrected chi connectivity index (χ3v) is 4.77. The van der Waals surface area contributed by atoms with E-state index >= 15 is 0 Å². The summed E-state index contributed by atoms with van der Waals surface area (Å²) in [5.41, 5.74) is 0.972. The van der Waals surface area contributed by atoms with Crippen LogP contribution in [0.15, 0.2) is 17.1 Å². The highest BCUT2D eigenvalue weighted by atomic mass is 16.6. The van der Waals surface area contributed by atoms with E-state index < -0.39 is 0 Å². The van der Waals surface area contributed by atoms with Gasteiger partial charge in [-0.2, -0.15) is 0 Å². The first-order valence-corrected chi connectivity index (χ1v) is 9.74. The Hall–Kier alpha value is -2.84. The number of benzene rings is 1. The Morgan fingerprint density at radius 1 is 1.14 bits per heavy atom. The summed E-state index contributed by atoms with van der Waals surface area (Å²) in [7, 11) is 6.50. The molecule has 0 atom stereocenters. The number of guanidine groups is 1. The molecule has 1 aliphatic heterocycles. The molecule has 0 unspecified atom stereocenters. The second-order valence-corrected chi connectivity index (χ2v) is 6.56. The molecule has 1 saturated heterocycles. The summed E-state index contributed by atoms with van der Waals surface area (Å²) in [6, 6.07) is 4.05. The van der Waals surface area contributed by atoms with Crippen molar-refractivity contribution in [2.45, 2.75) is 32.4 Å². The van der Waals surface area contributed by atoms with Crippen LogP contribution < -0.4 is 24.8 Å². The summed E-state index contributed by atoms with van der Waals surface area (Å²) < 4.78 is 21.2. The molecule has 1 aromatic rings. The topological polar surface area (TPSA) is 93.7 Å². The molecular formula is C20H32N4O5. The van der Waals surface area contributed by atoms with Crippen LogP contribution in [0.5, 0.6) is 17.2 Å².